The maximum atomic E-state index is 10.1. The molecule has 0 aliphatic heterocycles. The zero-order chi connectivity index (χ0) is 14.0. The summed E-state index contributed by atoms with van der Waals surface area (Å²) >= 11 is 0. The van der Waals surface area contributed by atoms with Gasteiger partial charge in [-0.15, -0.1) is 0 Å². The van der Waals surface area contributed by atoms with E-state index in [0.717, 1.165) is 30.6 Å². The van der Waals surface area contributed by atoms with Crippen LogP contribution in [0.5, 0.6) is 11.6 Å². The second-order valence-corrected chi connectivity index (χ2v) is 5.75. The first-order valence-electron chi connectivity index (χ1n) is 7.04. The lowest BCUT2D eigenvalue weighted by Crippen LogP contribution is -2.18. The van der Waals surface area contributed by atoms with E-state index in [-0.39, 0.29) is 0 Å². The van der Waals surface area contributed by atoms with Crippen LogP contribution in [0.3, 0.4) is 0 Å². The third kappa shape index (κ3) is 2.83. The van der Waals surface area contributed by atoms with Crippen molar-refractivity contribution < 1.29 is 9.84 Å². The summed E-state index contributed by atoms with van der Waals surface area (Å²) in [5, 5.41) is 10.1. The second kappa shape index (κ2) is 5.25. The zero-order valence-electron chi connectivity index (χ0n) is 11.6. The van der Waals surface area contributed by atoms with Gasteiger partial charge in [-0.2, -0.15) is 0 Å². The SMILES string of the molecule is CC1(O)CCC(c2cccnc2Oc2ccccc2)C1. The Hall–Kier alpha value is -1.87. The van der Waals surface area contributed by atoms with Gasteiger partial charge in [0.05, 0.1) is 5.60 Å². The summed E-state index contributed by atoms with van der Waals surface area (Å²) in [5.74, 6) is 1.76. The van der Waals surface area contributed by atoms with Gasteiger partial charge in [-0.3, -0.25) is 0 Å². The highest BCUT2D eigenvalue weighted by Crippen LogP contribution is 2.43. The predicted octanol–water partition coefficient (Wildman–Crippen LogP) is 3.89. The molecule has 104 valence electrons. The van der Waals surface area contributed by atoms with Crippen LogP contribution in [-0.4, -0.2) is 15.7 Å². The Morgan fingerprint density at radius 2 is 2.00 bits per heavy atom. The van der Waals surface area contributed by atoms with Gasteiger partial charge in [-0.1, -0.05) is 24.3 Å². The number of para-hydroxylation sites is 1. The van der Waals surface area contributed by atoms with Gasteiger partial charge in [0.15, 0.2) is 0 Å². The van der Waals surface area contributed by atoms with E-state index in [4.69, 9.17) is 4.74 Å². The molecule has 0 saturated heterocycles. The van der Waals surface area contributed by atoms with Crippen molar-refractivity contribution in [1.29, 1.82) is 0 Å². The van der Waals surface area contributed by atoms with Crippen LogP contribution in [0.1, 0.15) is 37.7 Å². The van der Waals surface area contributed by atoms with E-state index in [1.807, 2.05) is 43.3 Å². The quantitative estimate of drug-likeness (QED) is 0.919. The van der Waals surface area contributed by atoms with Crippen LogP contribution in [0, 0.1) is 0 Å². The first-order chi connectivity index (χ1) is 9.64. The molecule has 1 N–H and O–H groups in total. The van der Waals surface area contributed by atoms with Crippen molar-refractivity contribution in [3.05, 3.63) is 54.2 Å². The van der Waals surface area contributed by atoms with Crippen LogP contribution in [0.2, 0.25) is 0 Å². The Morgan fingerprint density at radius 3 is 2.70 bits per heavy atom. The van der Waals surface area contributed by atoms with Crippen molar-refractivity contribution in [2.45, 2.75) is 37.7 Å². The fourth-order valence-electron chi connectivity index (χ4n) is 2.88. The molecule has 20 heavy (non-hydrogen) atoms. The molecular formula is C17H19NO2. The molecule has 2 aromatic rings. The molecule has 1 saturated carbocycles. The number of pyridine rings is 1. The van der Waals surface area contributed by atoms with E-state index in [1.54, 1.807) is 6.20 Å². The van der Waals surface area contributed by atoms with Crippen molar-refractivity contribution in [3.63, 3.8) is 0 Å². The summed E-state index contributed by atoms with van der Waals surface area (Å²) in [7, 11) is 0. The molecule has 3 nitrogen and oxygen atoms in total. The molecule has 2 unspecified atom stereocenters. The number of aliphatic hydroxyl groups is 1. The molecule has 0 spiro atoms. The maximum absolute atomic E-state index is 10.1. The molecule has 1 heterocycles. The number of ether oxygens (including phenoxy) is 1. The molecule has 1 aliphatic carbocycles. The Balaban J connectivity index is 1.86. The van der Waals surface area contributed by atoms with Crippen molar-refractivity contribution >= 4 is 0 Å². The van der Waals surface area contributed by atoms with E-state index in [2.05, 4.69) is 11.1 Å². The molecule has 0 amide bonds. The van der Waals surface area contributed by atoms with Crippen molar-refractivity contribution in [2.75, 3.05) is 0 Å². The van der Waals surface area contributed by atoms with Gasteiger partial charge >= 0.3 is 0 Å². The Morgan fingerprint density at radius 1 is 1.20 bits per heavy atom. The standard InChI is InChI=1S/C17H19NO2/c1-17(19)10-9-13(12-17)15-8-5-11-18-16(15)20-14-6-3-2-4-7-14/h2-8,11,13,19H,9-10,12H2,1H3. The summed E-state index contributed by atoms with van der Waals surface area (Å²) in [6, 6.07) is 13.7. The molecule has 3 rings (SSSR count). The van der Waals surface area contributed by atoms with Gasteiger partial charge in [0, 0.05) is 11.8 Å². The topological polar surface area (TPSA) is 42.4 Å². The van der Waals surface area contributed by atoms with Gasteiger partial charge in [-0.05, 0) is 50.3 Å². The Kier molecular flexibility index (Phi) is 3.45. The molecule has 1 aromatic heterocycles. The minimum Gasteiger partial charge on any atom is -0.439 e. The van der Waals surface area contributed by atoms with E-state index < -0.39 is 5.60 Å². The van der Waals surface area contributed by atoms with E-state index in [9.17, 15) is 5.11 Å². The molecule has 1 fully saturated rings. The second-order valence-electron chi connectivity index (χ2n) is 5.75. The van der Waals surface area contributed by atoms with Crippen LogP contribution in [0.25, 0.3) is 0 Å². The molecule has 1 aliphatic rings. The van der Waals surface area contributed by atoms with Crippen LogP contribution >= 0.6 is 0 Å². The molecule has 1 aromatic carbocycles. The normalized spacial score (nSPS) is 25.6. The number of benzene rings is 1. The van der Waals surface area contributed by atoms with Crippen LogP contribution in [0.15, 0.2) is 48.7 Å². The average molecular weight is 269 g/mol. The molecule has 2 atom stereocenters. The maximum Gasteiger partial charge on any atom is 0.222 e. The number of rotatable bonds is 3. The van der Waals surface area contributed by atoms with Gasteiger partial charge < -0.3 is 9.84 Å². The summed E-state index contributed by atoms with van der Waals surface area (Å²) in [6.07, 6.45) is 4.32. The van der Waals surface area contributed by atoms with Gasteiger partial charge in [0.25, 0.3) is 0 Å². The summed E-state index contributed by atoms with van der Waals surface area (Å²) in [4.78, 5) is 4.36. The van der Waals surface area contributed by atoms with Crippen molar-refractivity contribution in [1.82, 2.24) is 4.98 Å². The summed E-state index contributed by atoms with van der Waals surface area (Å²) in [6.45, 7) is 1.90. The number of hydrogen-bond donors (Lipinski definition) is 1. The molecular weight excluding hydrogens is 250 g/mol. The highest BCUT2D eigenvalue weighted by atomic mass is 16.5. The summed E-state index contributed by atoms with van der Waals surface area (Å²) in [5.41, 5.74) is 0.527. The smallest absolute Gasteiger partial charge is 0.222 e. The molecule has 0 bridgehead atoms. The van der Waals surface area contributed by atoms with Crippen molar-refractivity contribution in [2.24, 2.45) is 0 Å². The largest absolute Gasteiger partial charge is 0.439 e. The minimum absolute atomic E-state index is 0.317. The lowest BCUT2D eigenvalue weighted by molar-refractivity contribution is 0.0664. The number of nitrogens with zero attached hydrogens (tertiary/aromatic N) is 1. The third-order valence-corrected chi connectivity index (χ3v) is 3.92. The number of hydrogen-bond acceptors (Lipinski definition) is 3. The lowest BCUT2D eigenvalue weighted by atomic mass is 9.96. The van der Waals surface area contributed by atoms with Gasteiger partial charge in [0.2, 0.25) is 5.88 Å². The van der Waals surface area contributed by atoms with Crippen LogP contribution < -0.4 is 4.74 Å². The molecule has 3 heteroatoms. The Bertz CT molecular complexity index is 581. The van der Waals surface area contributed by atoms with Crippen LogP contribution in [-0.2, 0) is 0 Å². The van der Waals surface area contributed by atoms with E-state index >= 15 is 0 Å². The monoisotopic (exact) mass is 269 g/mol. The first-order valence-corrected chi connectivity index (χ1v) is 7.04. The lowest BCUT2D eigenvalue weighted by Gasteiger charge is -2.17. The first kappa shape index (κ1) is 13.1. The fourth-order valence-corrected chi connectivity index (χ4v) is 2.88. The average Bonchev–Trinajstić information content (AvgIpc) is 2.81. The predicted molar refractivity (Wildman–Crippen MR) is 78.0 cm³/mol. The van der Waals surface area contributed by atoms with Crippen molar-refractivity contribution in [3.8, 4) is 11.6 Å². The van der Waals surface area contributed by atoms with E-state index in [1.165, 1.54) is 0 Å². The highest BCUT2D eigenvalue weighted by molar-refractivity contribution is 5.35. The number of aromatic nitrogens is 1. The van der Waals surface area contributed by atoms with Gasteiger partial charge in [-0.25, -0.2) is 4.98 Å². The van der Waals surface area contributed by atoms with Gasteiger partial charge in [0.1, 0.15) is 5.75 Å². The van der Waals surface area contributed by atoms with Crippen LogP contribution in [0.4, 0.5) is 0 Å². The Labute approximate surface area is 119 Å². The minimum atomic E-state index is -0.565. The fraction of sp³-hybridized carbons (Fsp3) is 0.353. The molecule has 0 radical (unpaired) electrons. The third-order valence-electron chi connectivity index (χ3n) is 3.92. The van der Waals surface area contributed by atoms with E-state index in [0.29, 0.717) is 11.8 Å². The zero-order valence-corrected chi connectivity index (χ0v) is 11.6. The highest BCUT2D eigenvalue weighted by Gasteiger charge is 2.35. The summed E-state index contributed by atoms with van der Waals surface area (Å²) < 4.78 is 5.90.